The maximum Gasteiger partial charge on any atom is 0.253 e. The first kappa shape index (κ1) is 13.8. The first-order chi connectivity index (χ1) is 8.04. The number of carbonyl (C=O) groups is 1. The van der Waals surface area contributed by atoms with Crippen LogP contribution in [0.2, 0.25) is 5.02 Å². The van der Waals surface area contributed by atoms with E-state index in [0.29, 0.717) is 29.5 Å². The van der Waals surface area contributed by atoms with Crippen LogP contribution < -0.4 is 11.1 Å². The van der Waals surface area contributed by atoms with Crippen LogP contribution in [0.25, 0.3) is 0 Å². The lowest BCUT2D eigenvalue weighted by molar-refractivity contribution is 0.0873. The number of carbonyl (C=O) groups excluding carboxylic acids is 1. The molecule has 1 rings (SSSR count). The van der Waals surface area contributed by atoms with E-state index in [1.54, 1.807) is 18.2 Å². The summed E-state index contributed by atoms with van der Waals surface area (Å²) in [5.41, 5.74) is 6.52. The van der Waals surface area contributed by atoms with Gasteiger partial charge in [-0.05, 0) is 32.0 Å². The molecule has 0 saturated heterocycles. The van der Waals surface area contributed by atoms with Gasteiger partial charge in [0.1, 0.15) is 0 Å². The molecule has 0 saturated carbocycles. The van der Waals surface area contributed by atoms with E-state index in [1.807, 2.05) is 13.8 Å². The molecule has 17 heavy (non-hydrogen) atoms. The van der Waals surface area contributed by atoms with Crippen molar-refractivity contribution in [2.75, 3.05) is 18.9 Å². The molecule has 0 aromatic heterocycles. The molecule has 0 radical (unpaired) electrons. The van der Waals surface area contributed by atoms with Crippen LogP contribution >= 0.6 is 11.6 Å². The van der Waals surface area contributed by atoms with Crippen molar-refractivity contribution in [2.24, 2.45) is 0 Å². The summed E-state index contributed by atoms with van der Waals surface area (Å²) >= 11 is 5.82. The Bertz CT molecular complexity index is 396. The fourth-order valence-corrected chi connectivity index (χ4v) is 1.54. The molecule has 0 aliphatic heterocycles. The highest BCUT2D eigenvalue weighted by molar-refractivity contribution is 6.31. The van der Waals surface area contributed by atoms with Crippen molar-refractivity contribution < 1.29 is 9.53 Å². The number of hydrogen-bond acceptors (Lipinski definition) is 3. The standard InChI is InChI=1S/C12H17ClN2O2/c1-3-17-7-8(2)15-12(16)10-6-9(13)4-5-11(10)14/h4-6,8H,3,7,14H2,1-2H3,(H,15,16). The lowest BCUT2D eigenvalue weighted by Gasteiger charge is -2.14. The molecule has 1 aromatic rings. The summed E-state index contributed by atoms with van der Waals surface area (Å²) < 4.78 is 5.21. The Labute approximate surface area is 106 Å². The summed E-state index contributed by atoms with van der Waals surface area (Å²) in [5, 5.41) is 3.28. The molecule has 4 nitrogen and oxygen atoms in total. The molecule has 0 spiro atoms. The van der Waals surface area contributed by atoms with Crippen molar-refractivity contribution in [3.8, 4) is 0 Å². The largest absolute Gasteiger partial charge is 0.398 e. The second-order valence-electron chi connectivity index (χ2n) is 3.77. The molecular weight excluding hydrogens is 240 g/mol. The van der Waals surface area contributed by atoms with Crippen LogP contribution in [0, 0.1) is 0 Å². The number of amides is 1. The molecule has 0 bridgehead atoms. The van der Waals surface area contributed by atoms with Gasteiger partial charge in [0.05, 0.1) is 12.2 Å². The van der Waals surface area contributed by atoms with Crippen molar-refractivity contribution in [2.45, 2.75) is 19.9 Å². The number of halogens is 1. The van der Waals surface area contributed by atoms with Gasteiger partial charge < -0.3 is 15.8 Å². The monoisotopic (exact) mass is 256 g/mol. The summed E-state index contributed by atoms with van der Waals surface area (Å²) in [4.78, 5) is 11.9. The predicted molar refractivity (Wildman–Crippen MR) is 69.3 cm³/mol. The smallest absolute Gasteiger partial charge is 0.253 e. The Hall–Kier alpha value is -1.26. The van der Waals surface area contributed by atoms with Gasteiger partial charge in [0, 0.05) is 23.4 Å². The van der Waals surface area contributed by atoms with E-state index < -0.39 is 0 Å². The third-order valence-corrected chi connectivity index (χ3v) is 2.44. The summed E-state index contributed by atoms with van der Waals surface area (Å²) in [6.45, 7) is 4.88. The summed E-state index contributed by atoms with van der Waals surface area (Å²) in [6.07, 6.45) is 0. The van der Waals surface area contributed by atoms with E-state index in [0.717, 1.165) is 0 Å². The van der Waals surface area contributed by atoms with Gasteiger partial charge in [0.25, 0.3) is 5.91 Å². The number of anilines is 1. The van der Waals surface area contributed by atoms with Gasteiger partial charge in [-0.3, -0.25) is 4.79 Å². The minimum atomic E-state index is -0.239. The molecule has 1 unspecified atom stereocenters. The van der Waals surface area contributed by atoms with Crippen molar-refractivity contribution in [1.29, 1.82) is 0 Å². The van der Waals surface area contributed by atoms with Crippen LogP contribution in [0.5, 0.6) is 0 Å². The number of benzene rings is 1. The van der Waals surface area contributed by atoms with Crippen molar-refractivity contribution in [3.05, 3.63) is 28.8 Å². The average Bonchev–Trinajstić information content (AvgIpc) is 2.29. The van der Waals surface area contributed by atoms with Crippen LogP contribution in [0.1, 0.15) is 24.2 Å². The Balaban J connectivity index is 2.66. The Morgan fingerprint density at radius 2 is 2.29 bits per heavy atom. The highest BCUT2D eigenvalue weighted by Crippen LogP contribution is 2.17. The van der Waals surface area contributed by atoms with Crippen LogP contribution in [0.15, 0.2) is 18.2 Å². The molecule has 94 valence electrons. The number of hydrogen-bond donors (Lipinski definition) is 2. The molecule has 1 atom stereocenters. The predicted octanol–water partition coefficient (Wildman–Crippen LogP) is 2.08. The van der Waals surface area contributed by atoms with Crippen LogP contribution in [-0.4, -0.2) is 25.2 Å². The first-order valence-electron chi connectivity index (χ1n) is 5.48. The van der Waals surface area contributed by atoms with Gasteiger partial charge in [-0.1, -0.05) is 11.6 Å². The van der Waals surface area contributed by atoms with E-state index in [2.05, 4.69) is 5.32 Å². The zero-order chi connectivity index (χ0) is 12.8. The highest BCUT2D eigenvalue weighted by Gasteiger charge is 2.13. The zero-order valence-electron chi connectivity index (χ0n) is 10.00. The minimum Gasteiger partial charge on any atom is -0.398 e. The Kier molecular flexibility index (Phi) is 5.25. The minimum absolute atomic E-state index is 0.0687. The number of nitrogen functional groups attached to an aromatic ring is 1. The second kappa shape index (κ2) is 6.47. The van der Waals surface area contributed by atoms with Crippen molar-refractivity contribution in [3.63, 3.8) is 0 Å². The normalized spacial score (nSPS) is 12.2. The number of ether oxygens (including phenoxy) is 1. The van der Waals surface area contributed by atoms with Crippen molar-refractivity contribution >= 4 is 23.2 Å². The van der Waals surface area contributed by atoms with Gasteiger partial charge in [-0.25, -0.2) is 0 Å². The number of rotatable bonds is 5. The van der Waals surface area contributed by atoms with E-state index in [4.69, 9.17) is 22.1 Å². The SMILES string of the molecule is CCOCC(C)NC(=O)c1cc(Cl)ccc1N. The molecule has 3 N–H and O–H groups in total. The molecule has 0 heterocycles. The quantitative estimate of drug-likeness (QED) is 0.793. The van der Waals surface area contributed by atoms with Gasteiger partial charge in [0.15, 0.2) is 0 Å². The molecule has 1 amide bonds. The highest BCUT2D eigenvalue weighted by atomic mass is 35.5. The lowest BCUT2D eigenvalue weighted by atomic mass is 10.1. The summed E-state index contributed by atoms with van der Waals surface area (Å²) in [6, 6.07) is 4.75. The summed E-state index contributed by atoms with van der Waals surface area (Å²) in [5.74, 6) is -0.239. The van der Waals surface area contributed by atoms with E-state index in [1.165, 1.54) is 0 Å². The van der Waals surface area contributed by atoms with Gasteiger partial charge in [-0.15, -0.1) is 0 Å². The molecule has 0 aliphatic rings. The maximum atomic E-state index is 11.9. The second-order valence-corrected chi connectivity index (χ2v) is 4.20. The topological polar surface area (TPSA) is 64.3 Å². The molecule has 0 aliphatic carbocycles. The summed E-state index contributed by atoms with van der Waals surface area (Å²) in [7, 11) is 0. The fraction of sp³-hybridized carbons (Fsp3) is 0.417. The molecule has 5 heteroatoms. The van der Waals surface area contributed by atoms with Crippen LogP contribution in [0.3, 0.4) is 0 Å². The average molecular weight is 257 g/mol. The molecule has 1 aromatic carbocycles. The van der Waals surface area contributed by atoms with E-state index in [-0.39, 0.29) is 11.9 Å². The van der Waals surface area contributed by atoms with Crippen LogP contribution in [0.4, 0.5) is 5.69 Å². The lowest BCUT2D eigenvalue weighted by Crippen LogP contribution is -2.36. The third-order valence-electron chi connectivity index (χ3n) is 2.21. The Morgan fingerprint density at radius 1 is 1.59 bits per heavy atom. The van der Waals surface area contributed by atoms with Crippen molar-refractivity contribution in [1.82, 2.24) is 5.32 Å². The van der Waals surface area contributed by atoms with E-state index in [9.17, 15) is 4.79 Å². The number of nitrogens with two attached hydrogens (primary N) is 1. The fourth-order valence-electron chi connectivity index (χ4n) is 1.36. The first-order valence-corrected chi connectivity index (χ1v) is 5.86. The Morgan fingerprint density at radius 3 is 2.94 bits per heavy atom. The van der Waals surface area contributed by atoms with Gasteiger partial charge >= 0.3 is 0 Å². The van der Waals surface area contributed by atoms with Gasteiger partial charge in [-0.2, -0.15) is 0 Å². The molecular formula is C12H17ClN2O2. The molecule has 0 fully saturated rings. The zero-order valence-corrected chi connectivity index (χ0v) is 10.8. The van der Waals surface area contributed by atoms with Gasteiger partial charge in [0.2, 0.25) is 0 Å². The number of nitrogens with one attached hydrogen (secondary N) is 1. The maximum absolute atomic E-state index is 11.9. The van der Waals surface area contributed by atoms with E-state index >= 15 is 0 Å². The van der Waals surface area contributed by atoms with Crippen LogP contribution in [-0.2, 0) is 4.74 Å². The third kappa shape index (κ3) is 4.24.